The summed E-state index contributed by atoms with van der Waals surface area (Å²) in [4.78, 5) is 127. The molecule has 22 nitrogen and oxygen atoms in total. The van der Waals surface area contributed by atoms with E-state index >= 15 is 0 Å². The third-order valence-electron chi connectivity index (χ3n) is 16.7. The first-order chi connectivity index (χ1) is 58.5. The summed E-state index contributed by atoms with van der Waals surface area (Å²) in [6.45, 7) is 90.7. The van der Waals surface area contributed by atoms with Crippen molar-refractivity contribution in [1.82, 2.24) is 50.6 Å². The summed E-state index contributed by atoms with van der Waals surface area (Å²) >= 11 is 23.1. The fourth-order valence-corrected chi connectivity index (χ4v) is 10.3. The summed E-state index contributed by atoms with van der Waals surface area (Å²) in [6, 6.07) is 9.86. The second-order valence-corrected chi connectivity index (χ2v) is 48.7. The Morgan fingerprint density at radius 2 is 0.877 bits per heavy atom. The molecule has 0 unspecified atom stereocenters. The quantitative estimate of drug-likeness (QED) is 0.0327. The largest absolute Gasteiger partial charge is 0.355 e. The van der Waals surface area contributed by atoms with Crippen LogP contribution in [0.1, 0.15) is 307 Å². The topological polar surface area (TPSA) is 298 Å². The van der Waals surface area contributed by atoms with E-state index in [1.165, 1.54) is 24.3 Å². The number of ketones is 2. The number of rotatable bonds is 29. The highest BCUT2D eigenvalue weighted by atomic mass is 35.5. The summed E-state index contributed by atoms with van der Waals surface area (Å²) in [5.74, 6) is 0.216. The average Bonchev–Trinajstić information content (AvgIpc) is 1.64. The van der Waals surface area contributed by atoms with Crippen LogP contribution in [0.15, 0.2) is 91.3 Å². The summed E-state index contributed by atoms with van der Waals surface area (Å²) < 4.78 is 2.93. The number of halogens is 4. The Kier molecular flexibility index (Phi) is 73.8. The highest BCUT2D eigenvalue weighted by Crippen LogP contribution is 2.45. The molecule has 3 rings (SSSR count). The molecule has 1 aliphatic rings. The molecule has 27 heteroatoms. The number of benzene rings is 1. The first-order valence-corrected chi connectivity index (χ1v) is 48.2. The number of alkyl halides is 4. The predicted octanol–water partition coefficient (Wildman–Crippen LogP) is 22.2. The normalized spacial score (nSPS) is 12.5. The smallest absolute Gasteiger partial charge is 0.268 e. The van der Waals surface area contributed by atoms with Gasteiger partial charge in [-0.1, -0.05) is 284 Å². The van der Waals surface area contributed by atoms with E-state index in [0.717, 1.165) is 94.2 Å². The van der Waals surface area contributed by atoms with Crippen molar-refractivity contribution in [3.05, 3.63) is 96.9 Å². The number of nitriles is 1. The van der Waals surface area contributed by atoms with Gasteiger partial charge in [-0.15, -0.1) is 46.4 Å². The molecule has 754 valence electrons. The zero-order valence-electron chi connectivity index (χ0n) is 89.0. The lowest BCUT2D eigenvalue weighted by atomic mass is 9.89. The monoisotopic (exact) mass is 1930 g/mol. The van der Waals surface area contributed by atoms with Crippen LogP contribution in [0.2, 0.25) is 0 Å². The molecule has 1 aliphatic carbocycles. The van der Waals surface area contributed by atoms with E-state index in [1.807, 2.05) is 60.2 Å². The Morgan fingerprint density at radius 1 is 0.492 bits per heavy atom. The Bertz CT molecular complexity index is 3740. The van der Waals surface area contributed by atoms with E-state index in [4.69, 9.17) is 51.7 Å². The van der Waals surface area contributed by atoms with E-state index in [9.17, 15) is 52.7 Å². The number of nitrogens with one attached hydrogen (secondary N) is 6. The van der Waals surface area contributed by atoms with Crippen LogP contribution < -0.4 is 37.5 Å². The molecular formula is C103H187Cl4N11O11S. The molecule has 130 heavy (non-hydrogen) atoms. The van der Waals surface area contributed by atoms with Crippen LogP contribution in [0.3, 0.4) is 0 Å². The number of aromatic nitrogens is 1. The number of likely N-dealkylation sites (N-methyl/N-ethyl adjacent to an activating group) is 2. The maximum Gasteiger partial charge on any atom is 0.268 e. The molecule has 0 spiro atoms. The van der Waals surface area contributed by atoms with Gasteiger partial charge in [0.15, 0.2) is 5.78 Å². The number of carbonyl (C=O) groups is 10. The standard InChI is InChI=1S/C12H15NOS.C11H22N2O.C10H16N2O.C10H19NO.C10H18O.C9H18ClNO.C9H17ClO.C9H17NO.C8H16ClNO.C8H15NO.C7H14ClNO/c1-12(2,3)8-13-11(14)9-6-4-5-7-10(9)15-13;1-11(2,3)9-12-10(14)7-6-8-13(4)5;1-9(2,3)7-12-8(13)10(6-11)4-5-10;1-6-9(12)11(5)8-7-10(2,3)4;1-5-9(11)7-6-8-10(2,3)4;1-9(2,3)5-6-11(4)8(12)7-10;1-9(2,3)6-4-5-8(11)7-10;1-5-6-8(11)10-7-9(2,3)4;1-6(9)7(11)10-5-8(2,3)4;1-5-7(10)9-6-8(2,3)4;1-7(2,3)5-9-6(10)4-8/h4-7H,8H2,1-3H3;6-7H,8-9H2,1-5H3,(H,12,14);4-5,7H2,1-3H3,(H,12,13);6H,1,7-8H2,2-5H3;5H,1,6-8H2,2-4H3;5-7H2,1-4H3;4-7H2,1-3H3;5-6H,7H2,1-4H3,(H,10,11);6H,5H2,1-4H3,(H,10,11);5H,1,6H2,2-4H3,(H,9,10);4-5H2,1-3H3,(H,9,10)/b;7-6+;;;;;;6-5+;;;/t;;;;;;;;6-;;/m........0../s1. The molecule has 1 saturated carbocycles. The molecule has 1 fully saturated rings. The van der Waals surface area contributed by atoms with Gasteiger partial charge in [0, 0.05) is 98.5 Å². The van der Waals surface area contributed by atoms with Gasteiger partial charge in [-0.25, -0.2) is 0 Å². The van der Waals surface area contributed by atoms with Crippen LogP contribution in [-0.2, 0) is 54.5 Å². The number of carbonyl (C=O) groups excluding carboxylic acids is 10. The Labute approximate surface area is 816 Å². The van der Waals surface area contributed by atoms with Crippen molar-refractivity contribution in [2.75, 3.05) is 105 Å². The zero-order chi connectivity index (χ0) is 104. The summed E-state index contributed by atoms with van der Waals surface area (Å²) in [5, 5.41) is 25.8. The van der Waals surface area contributed by atoms with Crippen LogP contribution in [0.5, 0.6) is 0 Å². The van der Waals surface area contributed by atoms with Gasteiger partial charge in [0.05, 0.1) is 22.0 Å². The number of Topliss-reactive ketones (excluding diaryl/α,β-unsaturated/α-hetero) is 1. The van der Waals surface area contributed by atoms with Gasteiger partial charge in [0.1, 0.15) is 28.3 Å². The van der Waals surface area contributed by atoms with Crippen molar-refractivity contribution >= 4 is 127 Å². The van der Waals surface area contributed by atoms with Crippen molar-refractivity contribution in [2.24, 2.45) is 65.0 Å². The molecule has 0 radical (unpaired) electrons. The van der Waals surface area contributed by atoms with Crippen LogP contribution in [0.4, 0.5) is 0 Å². The average molecular weight is 1930 g/mol. The van der Waals surface area contributed by atoms with Gasteiger partial charge in [0.25, 0.3) is 5.56 Å². The number of nitrogens with zero attached hydrogens (tertiary/aromatic N) is 5. The van der Waals surface area contributed by atoms with Crippen LogP contribution in [0, 0.1) is 76.3 Å². The Hall–Kier alpha value is -6.68. The number of allylic oxidation sites excluding steroid dienone is 2. The summed E-state index contributed by atoms with van der Waals surface area (Å²) in [5.41, 5.74) is 1.68. The Balaban J connectivity index is -0.000000210. The molecule has 6 N–H and O–H groups in total. The van der Waals surface area contributed by atoms with E-state index < -0.39 is 10.8 Å². The predicted molar refractivity (Wildman–Crippen MR) is 558 cm³/mol. The first-order valence-electron chi connectivity index (χ1n) is 45.3. The van der Waals surface area contributed by atoms with Crippen molar-refractivity contribution in [1.29, 1.82) is 5.26 Å². The van der Waals surface area contributed by atoms with E-state index in [1.54, 1.807) is 54.5 Å². The van der Waals surface area contributed by atoms with Gasteiger partial charge < -0.3 is 46.6 Å². The highest BCUT2D eigenvalue weighted by Gasteiger charge is 2.50. The summed E-state index contributed by atoms with van der Waals surface area (Å²) in [6.07, 6.45) is 19.7. The molecule has 2 aromatic rings. The second kappa shape index (κ2) is 69.2. The first kappa shape index (κ1) is 139. The molecule has 1 heterocycles. The minimum atomic E-state index is -0.675. The van der Waals surface area contributed by atoms with Crippen LogP contribution in [0.25, 0.3) is 10.1 Å². The van der Waals surface area contributed by atoms with Crippen molar-refractivity contribution in [2.45, 2.75) is 318 Å². The molecule has 0 saturated heterocycles. The fraction of sp³-hybridized carbons (Fsp3) is 0.728. The van der Waals surface area contributed by atoms with Crippen molar-refractivity contribution in [3.63, 3.8) is 0 Å². The SMILES string of the molecule is C/C=C/C(=O)NCC(C)(C)C.C=CC(=O)CCCC(C)(C)C.C=CC(=O)N(C)CCC(C)(C)C.C=CC(=O)NCC(C)(C)C.CC(C)(C)CCCC(=O)CCl.CC(C)(C)CNC(=O)C1(C#N)CC1.CC(C)(C)CNC(=O)CCl.CC(C)(C)Cn1sc2ccccc2c1=O.CN(C)C/C=C/C(=O)NCC(C)(C)C.CN(CCC(C)(C)C)C(=O)CCl.C[C@H](Cl)C(=O)NCC(C)(C)C. The molecular weight excluding hydrogens is 1740 g/mol. The molecule has 1 atom stereocenters. The van der Waals surface area contributed by atoms with Gasteiger partial charge in [0.2, 0.25) is 47.3 Å². The minimum absolute atomic E-state index is 0.000694. The number of hydrogen-bond donors (Lipinski definition) is 6. The highest BCUT2D eigenvalue weighted by molar-refractivity contribution is 7.13. The lowest BCUT2D eigenvalue weighted by Gasteiger charge is -2.23. The van der Waals surface area contributed by atoms with E-state index in [-0.39, 0.29) is 131 Å². The van der Waals surface area contributed by atoms with Gasteiger partial charge in [-0.3, -0.25) is 56.7 Å². The van der Waals surface area contributed by atoms with Crippen LogP contribution >= 0.6 is 57.9 Å². The Morgan fingerprint density at radius 3 is 1.21 bits per heavy atom. The molecule has 1 aromatic carbocycles. The lowest BCUT2D eigenvalue weighted by molar-refractivity contribution is -0.127. The molecule has 0 aliphatic heterocycles. The second-order valence-electron chi connectivity index (χ2n) is 46.2. The van der Waals surface area contributed by atoms with Gasteiger partial charge in [-0.2, -0.15) is 5.26 Å². The van der Waals surface area contributed by atoms with Gasteiger partial charge >= 0.3 is 0 Å². The minimum Gasteiger partial charge on any atom is -0.355 e. The molecule has 8 amide bonds. The molecule has 0 bridgehead atoms. The summed E-state index contributed by atoms with van der Waals surface area (Å²) in [7, 11) is 7.53. The lowest BCUT2D eigenvalue weighted by Crippen LogP contribution is -2.37. The van der Waals surface area contributed by atoms with E-state index in [0.29, 0.717) is 56.4 Å². The maximum atomic E-state index is 12.0. The maximum absolute atomic E-state index is 12.0. The molecule has 1 aromatic heterocycles. The number of fused-ring (bicyclic) bond motifs is 1. The van der Waals surface area contributed by atoms with Crippen molar-refractivity contribution < 1.29 is 47.9 Å². The number of hydrogen-bond acceptors (Lipinski definition) is 14. The van der Waals surface area contributed by atoms with E-state index in [2.05, 4.69) is 286 Å². The van der Waals surface area contributed by atoms with Crippen LogP contribution in [-0.4, -0.2) is 188 Å². The third-order valence-corrected chi connectivity index (χ3v) is 18.7. The third kappa shape index (κ3) is 103. The zero-order valence-corrected chi connectivity index (χ0v) is 92.8. The van der Waals surface area contributed by atoms with Crippen molar-refractivity contribution in [3.8, 4) is 6.07 Å². The fourth-order valence-electron chi connectivity index (χ4n) is 8.53. The number of amides is 8. The van der Waals surface area contributed by atoms with Gasteiger partial charge in [-0.05, 0) is 175 Å².